The topological polar surface area (TPSA) is 160 Å². The van der Waals surface area contributed by atoms with Crippen LogP contribution in [0.4, 0.5) is 9.59 Å². The predicted molar refractivity (Wildman–Crippen MR) is 216 cm³/mol. The number of benzene rings is 2. The van der Waals surface area contributed by atoms with Crippen molar-refractivity contribution in [1.29, 1.82) is 0 Å². The molecule has 0 aromatic heterocycles. The van der Waals surface area contributed by atoms with Crippen LogP contribution in [0.3, 0.4) is 0 Å². The van der Waals surface area contributed by atoms with Gasteiger partial charge in [-0.3, -0.25) is 0 Å². The maximum atomic E-state index is 13.3. The zero-order chi connectivity index (χ0) is 39.2. The number of amides is 4. The molecule has 0 bridgehead atoms. The van der Waals surface area contributed by atoms with Crippen molar-refractivity contribution in [3.05, 3.63) is 70.8 Å². The largest absolute Gasteiger partial charge is 0.455 e. The zero-order valence-electron chi connectivity index (χ0n) is 33.2. The van der Waals surface area contributed by atoms with E-state index >= 15 is 0 Å². The van der Waals surface area contributed by atoms with Gasteiger partial charge in [-0.05, 0) is 77.3 Å². The molecule has 2 aromatic rings. The summed E-state index contributed by atoms with van der Waals surface area (Å²) in [6, 6.07) is 16.5. The van der Waals surface area contributed by atoms with Crippen molar-refractivity contribution in [1.82, 2.24) is 15.5 Å². The van der Waals surface area contributed by atoms with E-state index in [2.05, 4.69) is 56.8 Å². The first-order chi connectivity index (χ1) is 26.6. The second-order valence-electron chi connectivity index (χ2n) is 15.7. The number of hydrogen-bond acceptors (Lipinski definition) is 8. The third-order valence-electron chi connectivity index (χ3n) is 11.2. The molecule has 4 amide bonds. The minimum Gasteiger partial charge on any atom is -0.455 e. The van der Waals surface area contributed by atoms with E-state index in [-0.39, 0.29) is 48.4 Å². The number of aliphatic imine (C=N–C) groups is 3. The Morgan fingerprint density at radius 3 is 1.71 bits per heavy atom. The van der Waals surface area contributed by atoms with Crippen LogP contribution in [0.2, 0.25) is 0 Å². The van der Waals surface area contributed by atoms with E-state index in [0.29, 0.717) is 12.1 Å². The molecule has 3 saturated carbocycles. The molecule has 0 radical (unpaired) electrons. The summed E-state index contributed by atoms with van der Waals surface area (Å²) in [6.45, 7) is 8.06. The molecule has 4 N–H and O–H groups in total. The molecule has 4 fully saturated rings. The Balaban J connectivity index is 0.000000205. The third kappa shape index (κ3) is 12.4. The molecule has 298 valence electrons. The smallest absolute Gasteiger partial charge is 0.345 e. The lowest BCUT2D eigenvalue weighted by atomic mass is 9.95. The van der Waals surface area contributed by atoms with Gasteiger partial charge < -0.3 is 25.8 Å². The van der Waals surface area contributed by atoms with E-state index < -0.39 is 6.03 Å². The molecule has 1 saturated heterocycles. The number of ether oxygens (including phenoxy) is 2. The van der Waals surface area contributed by atoms with Crippen LogP contribution in [0.1, 0.15) is 145 Å². The van der Waals surface area contributed by atoms with Crippen molar-refractivity contribution in [3.63, 3.8) is 0 Å². The Hall–Kier alpha value is -4.70. The van der Waals surface area contributed by atoms with Crippen LogP contribution in [-0.2, 0) is 14.3 Å². The number of carbonyl (C=O) groups is 2. The number of carbonyl (C=O) groups excluding carboxylic acids is 3. The molecule has 2 aromatic carbocycles. The number of urea groups is 2. The van der Waals surface area contributed by atoms with Crippen LogP contribution < -0.4 is 16.4 Å². The molecule has 2 heterocycles. The minimum atomic E-state index is -0.431. The molecule has 0 spiro atoms. The summed E-state index contributed by atoms with van der Waals surface area (Å²) >= 11 is 0. The molecule has 4 atom stereocenters. The lowest BCUT2D eigenvalue weighted by Gasteiger charge is -2.27. The summed E-state index contributed by atoms with van der Waals surface area (Å²) in [5.41, 5.74) is 10.0. The Morgan fingerprint density at radius 2 is 1.22 bits per heavy atom. The van der Waals surface area contributed by atoms with E-state index in [1.54, 1.807) is 6.08 Å². The Morgan fingerprint density at radius 1 is 0.727 bits per heavy atom. The lowest BCUT2D eigenvalue weighted by Crippen LogP contribution is -2.49. The maximum Gasteiger partial charge on any atom is 0.345 e. The summed E-state index contributed by atoms with van der Waals surface area (Å²) < 4.78 is 11.6. The average molecular weight is 756 g/mol. The third-order valence-corrected chi connectivity index (χ3v) is 11.2. The monoisotopic (exact) mass is 755 g/mol. The van der Waals surface area contributed by atoms with E-state index in [1.807, 2.05) is 45.0 Å². The fourth-order valence-corrected chi connectivity index (χ4v) is 7.98. The first kappa shape index (κ1) is 41.5. The number of aryl methyl sites for hydroxylation is 2. The number of isocyanates is 1. The lowest BCUT2D eigenvalue weighted by molar-refractivity contribution is 0.188. The van der Waals surface area contributed by atoms with Gasteiger partial charge in [0.1, 0.15) is 12.2 Å². The molecule has 4 unspecified atom stereocenters. The van der Waals surface area contributed by atoms with Gasteiger partial charge in [0.15, 0.2) is 0 Å². The van der Waals surface area contributed by atoms with Gasteiger partial charge in [-0.1, -0.05) is 117 Å². The number of nitrogens with two attached hydrogens (primary N) is 1. The fourth-order valence-electron chi connectivity index (χ4n) is 7.98. The van der Waals surface area contributed by atoms with Gasteiger partial charge in [-0.2, -0.15) is 0 Å². The van der Waals surface area contributed by atoms with Crippen LogP contribution in [0.25, 0.3) is 0 Å². The predicted octanol–water partition coefficient (Wildman–Crippen LogP) is 8.62. The highest BCUT2D eigenvalue weighted by atomic mass is 16.5. The van der Waals surface area contributed by atoms with Crippen LogP contribution in [-0.4, -0.2) is 65.3 Å². The molecule has 5 aliphatic rings. The van der Waals surface area contributed by atoms with Gasteiger partial charge in [0.25, 0.3) is 6.02 Å². The van der Waals surface area contributed by atoms with Crippen LogP contribution in [0.5, 0.6) is 0 Å². The van der Waals surface area contributed by atoms with Gasteiger partial charge >= 0.3 is 18.1 Å². The van der Waals surface area contributed by atoms with Crippen molar-refractivity contribution < 1.29 is 23.9 Å². The highest BCUT2D eigenvalue weighted by Crippen LogP contribution is 2.33. The second-order valence-corrected chi connectivity index (χ2v) is 15.7. The molecule has 12 nitrogen and oxygen atoms in total. The summed E-state index contributed by atoms with van der Waals surface area (Å²) in [4.78, 5) is 49.3. The number of amidine groups is 2. The van der Waals surface area contributed by atoms with Gasteiger partial charge in [0.05, 0.1) is 18.1 Å². The molecular formula is C43H61N7O5. The zero-order valence-corrected chi connectivity index (χ0v) is 33.2. The number of nitrogens with zero attached hydrogens (tertiary/aromatic N) is 4. The van der Waals surface area contributed by atoms with E-state index in [0.717, 1.165) is 80.9 Å². The van der Waals surface area contributed by atoms with Crippen molar-refractivity contribution in [3.8, 4) is 0 Å². The van der Waals surface area contributed by atoms with Crippen LogP contribution in [0, 0.1) is 13.8 Å². The van der Waals surface area contributed by atoms with Crippen molar-refractivity contribution >= 4 is 30.2 Å². The number of hydrogen-bond donors (Lipinski definition) is 3. The molecule has 7 rings (SSSR count). The van der Waals surface area contributed by atoms with Crippen LogP contribution in [0.15, 0.2) is 63.5 Å². The first-order valence-corrected chi connectivity index (χ1v) is 20.5. The van der Waals surface area contributed by atoms with E-state index in [9.17, 15) is 14.4 Å². The molecule has 2 aliphatic heterocycles. The molecular weight excluding hydrogens is 695 g/mol. The van der Waals surface area contributed by atoms with Gasteiger partial charge in [-0.15, -0.1) is 4.99 Å². The highest BCUT2D eigenvalue weighted by molar-refractivity contribution is 6.00. The molecule has 12 heteroatoms. The summed E-state index contributed by atoms with van der Waals surface area (Å²) in [7, 11) is 0. The second kappa shape index (κ2) is 20.8. The van der Waals surface area contributed by atoms with Crippen molar-refractivity contribution in [2.45, 2.75) is 166 Å². The summed E-state index contributed by atoms with van der Waals surface area (Å²) in [5, 5.41) is 6.15. The molecule has 55 heavy (non-hydrogen) atoms. The fraction of sp³-hybridized carbons (Fsp3) is 0.605. The minimum absolute atomic E-state index is 0.0180. The summed E-state index contributed by atoms with van der Waals surface area (Å²) in [6.07, 6.45) is 18.1. The Kier molecular flexibility index (Phi) is 15.7. The standard InChI is InChI=1S/C25H36N4O3.C11H14N2O.C7H11NO/c1-17-13-15-19(16-14-17)22-18(2)29(24(31)27-21-11-7-4-8-12-21)25(32-22)28-23(30)26-20-9-5-3-6-10-20;1-7-3-5-9(6-4-7)10-8(2)13-11(12)14-10;9-6-8-7-4-2-1-3-5-7/h13-16,18,20-22H,3-12H2,1-2H3,(H,26,30)(H,27,31);3-6,8,10H,1-2H3,(H2,12,13);7H,1-5H2. The average Bonchev–Trinajstić information content (AvgIpc) is 3.70. The SMILES string of the molecule is Cc1ccc(C2OC(=NC(=O)NC3CCCCC3)N(C(=O)NC3CCCCC3)C2C)cc1.Cc1ccc(C2OC(N)=NC2C)cc1.O=C=NC1CCCCC1. The van der Waals surface area contributed by atoms with E-state index in [1.165, 1.54) is 42.6 Å². The highest BCUT2D eigenvalue weighted by Gasteiger charge is 2.43. The van der Waals surface area contributed by atoms with Gasteiger partial charge in [0.2, 0.25) is 6.08 Å². The Bertz CT molecular complexity index is 1640. The first-order valence-electron chi connectivity index (χ1n) is 20.5. The quantitative estimate of drug-likeness (QED) is 0.205. The maximum absolute atomic E-state index is 13.3. The van der Waals surface area contributed by atoms with E-state index in [4.69, 9.17) is 15.2 Å². The van der Waals surface area contributed by atoms with Crippen molar-refractivity contribution in [2.24, 2.45) is 20.7 Å². The normalized spacial score (nSPS) is 25.1. The molecule has 3 aliphatic carbocycles. The summed E-state index contributed by atoms with van der Waals surface area (Å²) in [5.74, 6) is 0. The Labute approximate surface area is 326 Å². The van der Waals surface area contributed by atoms with Gasteiger partial charge in [0, 0.05) is 12.1 Å². The van der Waals surface area contributed by atoms with Crippen LogP contribution >= 0.6 is 0 Å². The number of rotatable bonds is 5. The van der Waals surface area contributed by atoms with Crippen molar-refractivity contribution in [2.75, 3.05) is 0 Å². The van der Waals surface area contributed by atoms with Gasteiger partial charge in [-0.25, -0.2) is 29.3 Å². The number of nitrogens with one attached hydrogen (secondary N) is 2.